The highest BCUT2D eigenvalue weighted by molar-refractivity contribution is 6.40. The van der Waals surface area contributed by atoms with Crippen LogP contribution in [0.5, 0.6) is 5.75 Å². The number of carbonyl (C=O) groups is 2. The molecule has 8 heteroatoms. The molecule has 0 saturated heterocycles. The Bertz CT molecular complexity index is 585. The number of nitrogens with one attached hydrogen (secondary N) is 1. The smallest absolute Gasteiger partial charge is 0.306 e. The summed E-state index contributed by atoms with van der Waals surface area (Å²) in [4.78, 5) is 22.9. The van der Waals surface area contributed by atoms with Crippen LogP contribution in [-0.2, 0) is 9.59 Å². The van der Waals surface area contributed by atoms with Crippen molar-refractivity contribution in [3.8, 4) is 5.75 Å². The Morgan fingerprint density at radius 3 is 2.35 bits per heavy atom. The molecule has 126 valence electrons. The number of carboxylic acids is 1. The summed E-state index contributed by atoms with van der Waals surface area (Å²) in [5, 5.41) is 12.7. The van der Waals surface area contributed by atoms with Gasteiger partial charge in [0.1, 0.15) is 6.61 Å². The van der Waals surface area contributed by atoms with Crippen molar-refractivity contribution in [2.24, 2.45) is 11.8 Å². The maximum absolute atomic E-state index is 12.0. The molecule has 0 aliphatic heterocycles. The highest BCUT2D eigenvalue weighted by atomic mass is 35.5. The van der Waals surface area contributed by atoms with Crippen LogP contribution in [-0.4, -0.2) is 30.1 Å². The molecule has 2 rings (SSSR count). The fourth-order valence-corrected chi connectivity index (χ4v) is 3.51. The minimum absolute atomic E-state index is 0.148. The summed E-state index contributed by atoms with van der Waals surface area (Å²) >= 11 is 17.8. The summed E-state index contributed by atoms with van der Waals surface area (Å²) in [6.07, 6.45) is 1.52. The molecule has 23 heavy (non-hydrogen) atoms. The van der Waals surface area contributed by atoms with Crippen LogP contribution in [0.2, 0.25) is 15.1 Å². The van der Waals surface area contributed by atoms with Gasteiger partial charge in [0.2, 0.25) is 5.91 Å². The molecule has 2 N–H and O–H groups in total. The van der Waals surface area contributed by atoms with Crippen LogP contribution in [0.4, 0.5) is 0 Å². The van der Waals surface area contributed by atoms with Gasteiger partial charge in [-0.15, -0.1) is 0 Å². The summed E-state index contributed by atoms with van der Waals surface area (Å²) < 4.78 is 5.46. The molecule has 0 spiro atoms. The quantitative estimate of drug-likeness (QED) is 0.739. The predicted octanol–water partition coefficient (Wildman–Crippen LogP) is 3.64. The molecule has 1 aromatic carbocycles. The third-order valence-electron chi connectivity index (χ3n) is 3.76. The second-order valence-corrected chi connectivity index (χ2v) is 6.63. The average molecular weight is 381 g/mol. The summed E-state index contributed by atoms with van der Waals surface area (Å²) in [6, 6.07) is 3.04. The average Bonchev–Trinajstić information content (AvgIpc) is 2.95. The second kappa shape index (κ2) is 8.08. The zero-order valence-corrected chi connectivity index (χ0v) is 14.4. The first-order valence-electron chi connectivity index (χ1n) is 7.16. The maximum atomic E-state index is 12.0. The lowest BCUT2D eigenvalue weighted by molar-refractivity contribution is -0.141. The van der Waals surface area contributed by atoms with Gasteiger partial charge in [0.15, 0.2) is 5.75 Å². The topological polar surface area (TPSA) is 75.6 Å². The minimum atomic E-state index is -0.837. The number of hydrogen-bond acceptors (Lipinski definition) is 3. The van der Waals surface area contributed by atoms with Gasteiger partial charge >= 0.3 is 5.97 Å². The van der Waals surface area contributed by atoms with Gasteiger partial charge in [0.05, 0.1) is 22.5 Å². The molecule has 0 unspecified atom stereocenters. The van der Waals surface area contributed by atoms with E-state index < -0.39 is 11.9 Å². The zero-order valence-electron chi connectivity index (χ0n) is 12.2. The summed E-state index contributed by atoms with van der Waals surface area (Å²) in [7, 11) is 0. The Kier molecular flexibility index (Phi) is 6.39. The van der Waals surface area contributed by atoms with Crippen LogP contribution in [0.1, 0.15) is 19.3 Å². The number of amides is 1. The number of ether oxygens (including phenoxy) is 1. The van der Waals surface area contributed by atoms with Crippen molar-refractivity contribution in [2.75, 3.05) is 13.2 Å². The third kappa shape index (κ3) is 4.90. The van der Waals surface area contributed by atoms with Gasteiger partial charge in [-0.3, -0.25) is 9.59 Å². The van der Waals surface area contributed by atoms with Crippen molar-refractivity contribution < 1.29 is 19.4 Å². The molecule has 0 radical (unpaired) electrons. The molecular formula is C15H16Cl3NO4. The van der Waals surface area contributed by atoms with E-state index in [1.54, 1.807) is 0 Å². The molecule has 1 aromatic rings. The van der Waals surface area contributed by atoms with Gasteiger partial charge in [0, 0.05) is 10.9 Å². The number of hydrogen-bond donors (Lipinski definition) is 2. The molecule has 0 aromatic heterocycles. The van der Waals surface area contributed by atoms with Crippen LogP contribution in [0.25, 0.3) is 0 Å². The fourth-order valence-electron chi connectivity index (χ4n) is 2.58. The normalized spacial score (nSPS) is 20.3. The summed E-state index contributed by atoms with van der Waals surface area (Å²) in [5.41, 5.74) is 0. The van der Waals surface area contributed by atoms with Gasteiger partial charge < -0.3 is 15.2 Å². The van der Waals surface area contributed by atoms with Gasteiger partial charge in [-0.2, -0.15) is 0 Å². The molecule has 5 nitrogen and oxygen atoms in total. The Morgan fingerprint density at radius 1 is 1.17 bits per heavy atom. The van der Waals surface area contributed by atoms with Gasteiger partial charge in [-0.25, -0.2) is 0 Å². The molecule has 1 aliphatic rings. The monoisotopic (exact) mass is 379 g/mol. The third-order valence-corrected chi connectivity index (χ3v) is 4.54. The van der Waals surface area contributed by atoms with Crippen LogP contribution in [0.3, 0.4) is 0 Å². The zero-order chi connectivity index (χ0) is 17.0. The lowest BCUT2D eigenvalue weighted by atomic mass is 10.0. The molecule has 0 heterocycles. The minimum Gasteiger partial charge on any atom is -0.489 e. The Morgan fingerprint density at radius 2 is 1.78 bits per heavy atom. The van der Waals surface area contributed by atoms with E-state index in [-0.39, 0.29) is 25.0 Å². The first kappa shape index (κ1) is 18.2. The van der Waals surface area contributed by atoms with Gasteiger partial charge in [-0.05, 0) is 31.4 Å². The molecule has 1 aliphatic carbocycles. The van der Waals surface area contributed by atoms with E-state index >= 15 is 0 Å². The molecular weight excluding hydrogens is 365 g/mol. The number of halogens is 3. The van der Waals surface area contributed by atoms with Crippen molar-refractivity contribution in [1.29, 1.82) is 0 Å². The Hall–Kier alpha value is -1.17. The van der Waals surface area contributed by atoms with Crippen LogP contribution < -0.4 is 10.1 Å². The first-order chi connectivity index (χ1) is 10.9. The Balaban J connectivity index is 1.76. The molecule has 2 atom stereocenters. The van der Waals surface area contributed by atoms with Crippen molar-refractivity contribution in [3.05, 3.63) is 27.2 Å². The number of carbonyl (C=O) groups excluding carboxylic acids is 1. The van der Waals surface area contributed by atoms with Gasteiger partial charge in [-0.1, -0.05) is 34.8 Å². The van der Waals surface area contributed by atoms with E-state index in [2.05, 4.69) is 5.32 Å². The lowest BCUT2D eigenvalue weighted by Gasteiger charge is -2.13. The van der Waals surface area contributed by atoms with E-state index in [1.165, 1.54) is 12.1 Å². The van der Waals surface area contributed by atoms with E-state index in [4.69, 9.17) is 44.6 Å². The summed E-state index contributed by atoms with van der Waals surface area (Å²) in [5.74, 6) is -1.34. The molecule has 1 saturated carbocycles. The molecule has 1 fully saturated rings. The number of benzene rings is 1. The first-order valence-corrected chi connectivity index (χ1v) is 8.29. The van der Waals surface area contributed by atoms with Crippen molar-refractivity contribution in [2.45, 2.75) is 19.3 Å². The fraction of sp³-hybridized carbons (Fsp3) is 0.467. The van der Waals surface area contributed by atoms with E-state index in [1.807, 2.05) is 0 Å². The van der Waals surface area contributed by atoms with Crippen molar-refractivity contribution >= 4 is 46.7 Å². The van der Waals surface area contributed by atoms with Gasteiger partial charge in [0.25, 0.3) is 0 Å². The Labute approximate surface area is 148 Å². The lowest BCUT2D eigenvalue weighted by Crippen LogP contribution is -2.33. The SMILES string of the molecule is O=C(O)[C@@H]1CC[C@H](C(=O)NCCOc2c(Cl)cc(Cl)cc2Cl)C1. The van der Waals surface area contributed by atoms with E-state index in [9.17, 15) is 9.59 Å². The van der Waals surface area contributed by atoms with Crippen LogP contribution >= 0.6 is 34.8 Å². The van der Waals surface area contributed by atoms with Crippen molar-refractivity contribution in [3.63, 3.8) is 0 Å². The number of aliphatic carboxylic acids is 1. The standard InChI is InChI=1S/C15H16Cl3NO4/c16-10-6-11(17)13(12(18)7-10)23-4-3-19-14(20)8-1-2-9(5-8)15(21)22/h6-9H,1-5H2,(H,19,20)(H,21,22)/t8-,9+/m0/s1. The second-order valence-electron chi connectivity index (χ2n) is 5.38. The predicted molar refractivity (Wildman–Crippen MR) is 88.4 cm³/mol. The van der Waals surface area contributed by atoms with E-state index in [0.29, 0.717) is 40.1 Å². The largest absolute Gasteiger partial charge is 0.489 e. The molecule has 1 amide bonds. The number of carboxylic acid groups (broad SMARTS) is 1. The highest BCUT2D eigenvalue weighted by Gasteiger charge is 2.33. The summed E-state index contributed by atoms with van der Waals surface area (Å²) in [6.45, 7) is 0.476. The van der Waals surface area contributed by atoms with Crippen LogP contribution in [0.15, 0.2) is 12.1 Å². The van der Waals surface area contributed by atoms with Crippen LogP contribution in [0, 0.1) is 11.8 Å². The number of rotatable bonds is 6. The van der Waals surface area contributed by atoms with Crippen molar-refractivity contribution in [1.82, 2.24) is 5.32 Å². The highest BCUT2D eigenvalue weighted by Crippen LogP contribution is 2.35. The van der Waals surface area contributed by atoms with E-state index in [0.717, 1.165) is 0 Å². The molecule has 0 bridgehead atoms. The maximum Gasteiger partial charge on any atom is 0.306 e.